The number of para-hydroxylation sites is 2. The first-order chi connectivity index (χ1) is 17.3. The highest BCUT2D eigenvalue weighted by molar-refractivity contribution is 7.99. The van der Waals surface area contributed by atoms with Gasteiger partial charge in [0, 0.05) is 30.3 Å². The number of rotatable bonds is 8. The van der Waals surface area contributed by atoms with Crippen molar-refractivity contribution < 1.29 is 8.42 Å². The molecule has 4 aromatic rings. The second-order valence-corrected chi connectivity index (χ2v) is 11.7. The van der Waals surface area contributed by atoms with Gasteiger partial charge in [0.15, 0.2) is 5.82 Å². The number of imidazole rings is 1. The van der Waals surface area contributed by atoms with Crippen molar-refractivity contribution in [3.8, 4) is 0 Å². The van der Waals surface area contributed by atoms with Gasteiger partial charge in [-0.25, -0.2) is 18.4 Å². The van der Waals surface area contributed by atoms with E-state index in [0.717, 1.165) is 59.9 Å². The van der Waals surface area contributed by atoms with E-state index in [-0.39, 0.29) is 0 Å². The first-order valence-corrected chi connectivity index (χ1v) is 14.7. The quantitative estimate of drug-likeness (QED) is 0.255. The molecule has 0 unspecified atom stereocenters. The van der Waals surface area contributed by atoms with Crippen molar-refractivity contribution in [2.75, 3.05) is 46.2 Å². The maximum Gasteiger partial charge on any atom is 0.229 e. The monoisotopic (exact) mass is 544 g/mol. The lowest BCUT2D eigenvalue weighted by Crippen LogP contribution is -2.32. The molecule has 2 aromatic carbocycles. The first-order valence-electron chi connectivity index (χ1n) is 11.2. The molecule has 0 bridgehead atoms. The third kappa shape index (κ3) is 6.19. The first kappa shape index (κ1) is 24.6. The zero-order chi connectivity index (χ0) is 25.1. The summed E-state index contributed by atoms with van der Waals surface area (Å²) in [5, 5.41) is 6.58. The minimum atomic E-state index is -3.46. The highest BCUT2D eigenvalue weighted by Gasteiger charge is 2.14. The van der Waals surface area contributed by atoms with Crippen LogP contribution in [0.2, 0.25) is 5.02 Å². The molecule has 3 heterocycles. The third-order valence-corrected chi connectivity index (χ3v) is 7.29. The molecule has 188 valence electrons. The number of hydrogen-bond donors (Lipinski definition) is 4. The average Bonchev–Trinajstić information content (AvgIpc) is 3.23. The summed E-state index contributed by atoms with van der Waals surface area (Å²) in [6, 6.07) is 12.7. The van der Waals surface area contributed by atoms with E-state index < -0.39 is 10.0 Å². The number of aromatic nitrogens is 4. The fraction of sp³-hybridized carbons (Fsp3) is 0.261. The van der Waals surface area contributed by atoms with Crippen LogP contribution in [0, 0.1) is 0 Å². The van der Waals surface area contributed by atoms with Gasteiger partial charge in [-0.05, 0) is 30.3 Å². The number of hydrogen-bond acceptors (Lipinski definition) is 9. The van der Waals surface area contributed by atoms with Crippen molar-refractivity contribution in [2.24, 2.45) is 0 Å². The molecule has 4 N–H and O–H groups in total. The molecule has 36 heavy (non-hydrogen) atoms. The molecule has 0 atom stereocenters. The lowest BCUT2D eigenvalue weighted by molar-refractivity contribution is 0.288. The number of halogens is 1. The van der Waals surface area contributed by atoms with Crippen LogP contribution in [0.1, 0.15) is 5.82 Å². The number of aromatic amines is 1. The Labute approximate surface area is 218 Å². The van der Waals surface area contributed by atoms with Crippen LogP contribution in [0.25, 0.3) is 11.0 Å². The van der Waals surface area contributed by atoms with E-state index in [1.165, 1.54) is 6.20 Å². The molecule has 2 aromatic heterocycles. The van der Waals surface area contributed by atoms with E-state index in [9.17, 15) is 8.42 Å². The number of H-pyrrole nitrogens is 1. The van der Waals surface area contributed by atoms with Crippen molar-refractivity contribution in [3.63, 3.8) is 0 Å². The molecule has 0 saturated carbocycles. The van der Waals surface area contributed by atoms with Crippen LogP contribution in [0.4, 0.5) is 28.8 Å². The summed E-state index contributed by atoms with van der Waals surface area (Å²) >= 11 is 8.31. The normalized spacial score (nSPS) is 14.6. The van der Waals surface area contributed by atoms with E-state index in [4.69, 9.17) is 16.6 Å². The van der Waals surface area contributed by atoms with Crippen molar-refractivity contribution in [2.45, 2.75) is 6.54 Å². The Balaban J connectivity index is 1.33. The van der Waals surface area contributed by atoms with Gasteiger partial charge in [0.2, 0.25) is 16.0 Å². The largest absolute Gasteiger partial charge is 0.341 e. The third-order valence-electron chi connectivity index (χ3n) is 5.48. The van der Waals surface area contributed by atoms with E-state index in [2.05, 4.69) is 35.2 Å². The minimum Gasteiger partial charge on any atom is -0.341 e. The summed E-state index contributed by atoms with van der Waals surface area (Å²) in [4.78, 5) is 19.3. The molecule has 0 radical (unpaired) electrons. The van der Waals surface area contributed by atoms with Crippen molar-refractivity contribution >= 4 is 73.2 Å². The topological polar surface area (TPSA) is 128 Å². The van der Waals surface area contributed by atoms with Gasteiger partial charge in [-0.3, -0.25) is 9.62 Å². The van der Waals surface area contributed by atoms with E-state index in [1.54, 1.807) is 24.3 Å². The molecular weight excluding hydrogens is 520 g/mol. The second-order valence-electron chi connectivity index (χ2n) is 8.36. The molecule has 13 heteroatoms. The van der Waals surface area contributed by atoms with Gasteiger partial charge < -0.3 is 15.6 Å². The lowest BCUT2D eigenvalue weighted by Gasteiger charge is -2.24. The molecule has 0 aliphatic carbocycles. The predicted molar refractivity (Wildman–Crippen MR) is 147 cm³/mol. The van der Waals surface area contributed by atoms with E-state index in [0.29, 0.717) is 28.2 Å². The Morgan fingerprint density at radius 1 is 1.08 bits per heavy atom. The van der Waals surface area contributed by atoms with Gasteiger partial charge in [-0.2, -0.15) is 16.7 Å². The summed E-state index contributed by atoms with van der Waals surface area (Å²) in [6.07, 6.45) is 2.57. The average molecular weight is 545 g/mol. The second kappa shape index (κ2) is 10.5. The van der Waals surface area contributed by atoms with Crippen LogP contribution in [0.5, 0.6) is 0 Å². The summed E-state index contributed by atoms with van der Waals surface area (Å²) in [5.74, 6) is 3.93. The highest BCUT2D eigenvalue weighted by Crippen LogP contribution is 2.30. The summed E-state index contributed by atoms with van der Waals surface area (Å²) in [5.41, 5.74) is 3.51. The number of benzene rings is 2. The van der Waals surface area contributed by atoms with Gasteiger partial charge in [0.05, 0.1) is 41.4 Å². The summed E-state index contributed by atoms with van der Waals surface area (Å²) in [7, 11) is -3.46. The fourth-order valence-electron chi connectivity index (χ4n) is 3.84. The van der Waals surface area contributed by atoms with Crippen LogP contribution in [-0.4, -0.2) is 64.1 Å². The van der Waals surface area contributed by atoms with Crippen LogP contribution >= 0.6 is 23.4 Å². The standard InChI is InChI=1S/C23H25ClN8O2S2/c1-36(33,34)31-19-5-3-2-4-17(19)29-22-16(24)13-25-23(30-22)26-15-6-7-18-20(12-15)28-21(27-18)14-32-8-10-35-11-9-32/h2-7,12-13,31H,8-11,14H2,1H3,(H,27,28)(H2,25,26,29,30). The highest BCUT2D eigenvalue weighted by atomic mass is 35.5. The Morgan fingerprint density at radius 3 is 2.64 bits per heavy atom. The Morgan fingerprint density at radius 2 is 1.86 bits per heavy atom. The summed E-state index contributed by atoms with van der Waals surface area (Å²) < 4.78 is 25.9. The molecule has 10 nitrogen and oxygen atoms in total. The Hall–Kier alpha value is -3.06. The molecule has 1 aliphatic rings. The van der Waals surface area contributed by atoms with Gasteiger partial charge >= 0.3 is 0 Å². The molecule has 1 aliphatic heterocycles. The van der Waals surface area contributed by atoms with E-state index in [1.807, 2.05) is 30.0 Å². The maximum absolute atomic E-state index is 11.7. The van der Waals surface area contributed by atoms with Crippen LogP contribution in [0.3, 0.4) is 0 Å². The minimum absolute atomic E-state index is 0.291. The Bertz CT molecular complexity index is 1490. The SMILES string of the molecule is CS(=O)(=O)Nc1ccccc1Nc1nc(Nc2ccc3nc(CN4CCSCC4)[nH]c3c2)ncc1Cl. The molecule has 1 fully saturated rings. The van der Waals surface area contributed by atoms with Crippen LogP contribution in [0.15, 0.2) is 48.7 Å². The predicted octanol–water partition coefficient (Wildman–Crippen LogP) is 4.41. The smallest absolute Gasteiger partial charge is 0.229 e. The molecular formula is C23H25ClN8O2S2. The van der Waals surface area contributed by atoms with Crippen LogP contribution in [-0.2, 0) is 16.6 Å². The zero-order valence-electron chi connectivity index (χ0n) is 19.5. The number of nitrogens with one attached hydrogen (secondary N) is 4. The number of sulfonamides is 1. The summed E-state index contributed by atoms with van der Waals surface area (Å²) in [6.45, 7) is 2.96. The molecule has 0 amide bonds. The molecule has 1 saturated heterocycles. The number of nitrogens with zero attached hydrogens (tertiary/aromatic N) is 4. The molecule has 5 rings (SSSR count). The zero-order valence-corrected chi connectivity index (χ0v) is 21.8. The maximum atomic E-state index is 11.7. The number of anilines is 5. The van der Waals surface area contributed by atoms with Crippen molar-refractivity contribution in [3.05, 3.63) is 59.5 Å². The number of thioether (sulfide) groups is 1. The van der Waals surface area contributed by atoms with E-state index >= 15 is 0 Å². The van der Waals surface area contributed by atoms with Gasteiger partial charge in [-0.1, -0.05) is 23.7 Å². The number of fused-ring (bicyclic) bond motifs is 1. The van der Waals surface area contributed by atoms with Crippen LogP contribution < -0.4 is 15.4 Å². The Kier molecular flexibility index (Phi) is 7.19. The van der Waals surface area contributed by atoms with Gasteiger partial charge in [-0.15, -0.1) is 0 Å². The fourth-order valence-corrected chi connectivity index (χ4v) is 5.53. The lowest BCUT2D eigenvalue weighted by atomic mass is 10.2. The van der Waals surface area contributed by atoms with Crippen molar-refractivity contribution in [1.29, 1.82) is 0 Å². The van der Waals surface area contributed by atoms with Crippen molar-refractivity contribution in [1.82, 2.24) is 24.8 Å². The van der Waals surface area contributed by atoms with Gasteiger partial charge in [0.1, 0.15) is 10.8 Å². The van der Waals surface area contributed by atoms with Gasteiger partial charge in [0.25, 0.3) is 0 Å². The molecule has 0 spiro atoms.